The van der Waals surface area contributed by atoms with E-state index in [0.29, 0.717) is 42.2 Å². The van der Waals surface area contributed by atoms with Crippen molar-refractivity contribution in [2.24, 2.45) is 0 Å². The number of aromatic hydroxyl groups is 1. The fourth-order valence-corrected chi connectivity index (χ4v) is 4.66. The summed E-state index contributed by atoms with van der Waals surface area (Å²) in [4.78, 5) is 18.6. The summed E-state index contributed by atoms with van der Waals surface area (Å²) in [5.41, 5.74) is 0.630. The number of amides is 1. The van der Waals surface area contributed by atoms with Gasteiger partial charge in [-0.1, -0.05) is 13.8 Å². The van der Waals surface area contributed by atoms with Gasteiger partial charge < -0.3 is 15.1 Å². The highest BCUT2D eigenvalue weighted by Gasteiger charge is 2.33. The number of fused-ring (bicyclic) bond motifs is 1. The lowest BCUT2D eigenvalue weighted by Crippen LogP contribution is -2.45. The lowest BCUT2D eigenvalue weighted by atomic mass is 9.99. The first-order valence-corrected chi connectivity index (χ1v) is 12.2. The Kier molecular flexibility index (Phi) is 7.97. The molecule has 1 aliphatic rings. The maximum absolute atomic E-state index is 13.1. The number of likely N-dealkylation sites (tertiary alicyclic amines) is 1. The van der Waals surface area contributed by atoms with Crippen molar-refractivity contribution in [2.75, 3.05) is 6.54 Å². The third kappa shape index (κ3) is 5.18. The molecule has 7 nitrogen and oxygen atoms in total. The molecule has 2 N–H and O–H groups in total. The fraction of sp³-hybridized carbons (Fsp3) is 0.500. The predicted octanol–water partition coefficient (Wildman–Crippen LogP) is 5.78. The van der Waals surface area contributed by atoms with Crippen molar-refractivity contribution < 1.29 is 28.2 Å². The van der Waals surface area contributed by atoms with E-state index >= 15 is 0 Å². The number of aliphatic hydroxyl groups excluding tert-OH is 1. The molecule has 3 aromatic rings. The molecule has 1 fully saturated rings. The molecular formula is C26H33F3N4O3. The molecule has 1 saturated heterocycles. The van der Waals surface area contributed by atoms with Gasteiger partial charge in [-0.15, -0.1) is 0 Å². The van der Waals surface area contributed by atoms with Gasteiger partial charge in [-0.3, -0.25) is 9.48 Å². The van der Waals surface area contributed by atoms with E-state index in [2.05, 4.69) is 10.1 Å². The van der Waals surface area contributed by atoms with Crippen LogP contribution in [-0.2, 0) is 11.0 Å². The van der Waals surface area contributed by atoms with Crippen molar-refractivity contribution in [1.82, 2.24) is 19.7 Å². The topological polar surface area (TPSA) is 91.5 Å². The highest BCUT2D eigenvalue weighted by Crippen LogP contribution is 2.39. The van der Waals surface area contributed by atoms with Gasteiger partial charge in [0, 0.05) is 30.0 Å². The summed E-state index contributed by atoms with van der Waals surface area (Å²) in [7, 11) is 0. The zero-order chi connectivity index (χ0) is 26.9. The molecule has 0 radical (unpaired) electrons. The number of carbonyl (C=O) groups excluding carboxylic acids is 1. The summed E-state index contributed by atoms with van der Waals surface area (Å²) in [6, 6.07) is 4.84. The normalized spacial score (nSPS) is 17.4. The van der Waals surface area contributed by atoms with Gasteiger partial charge in [0.15, 0.2) is 5.65 Å². The van der Waals surface area contributed by atoms with Crippen LogP contribution < -0.4 is 0 Å². The Morgan fingerprint density at radius 1 is 1.14 bits per heavy atom. The zero-order valence-electron chi connectivity index (χ0n) is 21.4. The van der Waals surface area contributed by atoms with Crippen LogP contribution in [0.5, 0.6) is 5.75 Å². The van der Waals surface area contributed by atoms with Crippen LogP contribution in [0.15, 0.2) is 24.3 Å². The maximum Gasteiger partial charge on any atom is 0.416 e. The first-order chi connectivity index (χ1) is 16.9. The van der Waals surface area contributed by atoms with Gasteiger partial charge in [0.2, 0.25) is 5.91 Å². The molecule has 0 saturated carbocycles. The average molecular weight is 507 g/mol. The number of hydrogen-bond acceptors (Lipinski definition) is 5. The third-order valence-electron chi connectivity index (χ3n) is 6.28. The van der Waals surface area contributed by atoms with Gasteiger partial charge >= 0.3 is 6.18 Å². The number of pyridine rings is 1. The number of piperidine rings is 1. The molecule has 36 heavy (non-hydrogen) atoms. The second-order valence-corrected chi connectivity index (χ2v) is 9.09. The highest BCUT2D eigenvalue weighted by atomic mass is 19.4. The standard InChI is InChI=1S/C24H27F3N4O3.C2H6/c1-12(2)30-11-16(5-8-20(30)34)31-22(14(4)32)17-6-7-18(28-23(17)29-31)21-13(3)9-15(10-19(21)33)24(25,26)27;1-2/h6-7,9-10,12,14,16,32-33H,5,8,11H2,1-4H3;1-2H3. The Labute approximate surface area is 208 Å². The number of aromatic nitrogens is 3. The molecule has 3 heterocycles. The van der Waals surface area contributed by atoms with Crippen LogP contribution >= 0.6 is 0 Å². The smallest absolute Gasteiger partial charge is 0.416 e. The minimum atomic E-state index is -4.58. The number of rotatable bonds is 4. The van der Waals surface area contributed by atoms with Gasteiger partial charge in [-0.2, -0.15) is 18.3 Å². The van der Waals surface area contributed by atoms with Gasteiger partial charge in [-0.05, 0) is 63.9 Å². The van der Waals surface area contributed by atoms with Crippen molar-refractivity contribution in [3.8, 4) is 17.0 Å². The van der Waals surface area contributed by atoms with E-state index in [9.17, 15) is 28.2 Å². The molecule has 0 bridgehead atoms. The van der Waals surface area contributed by atoms with E-state index in [4.69, 9.17) is 0 Å². The summed E-state index contributed by atoms with van der Waals surface area (Å²) >= 11 is 0. The summed E-state index contributed by atoms with van der Waals surface area (Å²) in [5, 5.41) is 26.1. The molecule has 2 atom stereocenters. The van der Waals surface area contributed by atoms with E-state index in [1.165, 1.54) is 6.92 Å². The Morgan fingerprint density at radius 3 is 2.36 bits per heavy atom. The minimum absolute atomic E-state index is 0.0330. The largest absolute Gasteiger partial charge is 0.507 e. The van der Waals surface area contributed by atoms with Gasteiger partial charge in [0.25, 0.3) is 0 Å². The number of halogens is 3. The number of phenolic OH excluding ortho intramolecular Hbond substituents is 1. The summed E-state index contributed by atoms with van der Waals surface area (Å²) < 4.78 is 41.0. The number of hydrogen-bond donors (Lipinski definition) is 2. The van der Waals surface area contributed by atoms with Crippen LogP contribution in [-0.4, -0.2) is 48.4 Å². The van der Waals surface area contributed by atoms with Crippen LogP contribution in [0.3, 0.4) is 0 Å². The first-order valence-electron chi connectivity index (χ1n) is 12.2. The number of aliphatic hydroxyl groups is 1. The Hall–Kier alpha value is -3.14. The monoisotopic (exact) mass is 506 g/mol. The molecule has 1 aliphatic heterocycles. The number of nitrogens with zero attached hydrogens (tertiary/aromatic N) is 4. The summed E-state index contributed by atoms with van der Waals surface area (Å²) in [6.07, 6.45) is -4.49. The molecule has 1 aromatic carbocycles. The van der Waals surface area contributed by atoms with E-state index in [-0.39, 0.29) is 34.8 Å². The number of carbonyl (C=O) groups is 1. The van der Waals surface area contributed by atoms with Crippen molar-refractivity contribution in [3.63, 3.8) is 0 Å². The van der Waals surface area contributed by atoms with Crippen LogP contribution in [0.1, 0.15) is 76.4 Å². The molecule has 1 amide bonds. The second kappa shape index (κ2) is 10.5. The van der Waals surface area contributed by atoms with Crippen molar-refractivity contribution >= 4 is 16.9 Å². The molecule has 2 unspecified atom stereocenters. The average Bonchev–Trinajstić information content (AvgIpc) is 3.18. The molecule has 10 heteroatoms. The van der Waals surface area contributed by atoms with Gasteiger partial charge in [0.1, 0.15) is 5.75 Å². The molecular weight excluding hydrogens is 473 g/mol. The molecule has 0 aliphatic carbocycles. The van der Waals surface area contributed by atoms with E-state index in [1.807, 2.05) is 27.7 Å². The summed E-state index contributed by atoms with van der Waals surface area (Å²) in [6.45, 7) is 11.5. The van der Waals surface area contributed by atoms with Crippen LogP contribution in [0.25, 0.3) is 22.3 Å². The summed E-state index contributed by atoms with van der Waals surface area (Å²) in [5.74, 6) is -0.442. The molecule has 2 aromatic heterocycles. The Balaban J connectivity index is 0.00000176. The second-order valence-electron chi connectivity index (χ2n) is 9.09. The number of alkyl halides is 3. The quantitative estimate of drug-likeness (QED) is 0.468. The lowest BCUT2D eigenvalue weighted by Gasteiger charge is -2.36. The van der Waals surface area contributed by atoms with Gasteiger partial charge in [-0.25, -0.2) is 4.98 Å². The van der Waals surface area contributed by atoms with Crippen LogP contribution in [0.2, 0.25) is 0 Å². The zero-order valence-corrected chi connectivity index (χ0v) is 21.4. The van der Waals surface area contributed by atoms with E-state index < -0.39 is 23.6 Å². The Morgan fingerprint density at radius 2 is 1.81 bits per heavy atom. The molecule has 196 valence electrons. The van der Waals surface area contributed by atoms with Crippen molar-refractivity contribution in [1.29, 1.82) is 0 Å². The minimum Gasteiger partial charge on any atom is -0.507 e. The van der Waals surface area contributed by atoms with Crippen molar-refractivity contribution in [3.05, 3.63) is 41.1 Å². The van der Waals surface area contributed by atoms with Crippen LogP contribution in [0.4, 0.5) is 13.2 Å². The number of benzene rings is 1. The third-order valence-corrected chi connectivity index (χ3v) is 6.28. The lowest BCUT2D eigenvalue weighted by molar-refractivity contribution is -0.138. The SMILES string of the molecule is CC.Cc1cc(C(F)(F)F)cc(O)c1-c1ccc2c(C(C)O)n(C3CCC(=O)N(C(C)C)C3)nc2n1. The Bertz CT molecular complexity index is 1230. The molecule has 0 spiro atoms. The van der Waals surface area contributed by atoms with Crippen molar-refractivity contribution in [2.45, 2.75) is 78.7 Å². The number of phenols is 1. The first kappa shape index (κ1) is 27.4. The highest BCUT2D eigenvalue weighted by molar-refractivity contribution is 5.83. The van der Waals surface area contributed by atoms with E-state index in [1.54, 1.807) is 28.6 Å². The maximum atomic E-state index is 13.1. The number of aryl methyl sites for hydroxylation is 1. The van der Waals surface area contributed by atoms with Gasteiger partial charge in [0.05, 0.1) is 29.1 Å². The van der Waals surface area contributed by atoms with Crippen LogP contribution in [0, 0.1) is 6.92 Å². The predicted molar refractivity (Wildman–Crippen MR) is 131 cm³/mol. The van der Waals surface area contributed by atoms with E-state index in [0.717, 1.165) is 6.07 Å². The molecule has 4 rings (SSSR count). The fourth-order valence-electron chi connectivity index (χ4n) is 4.66.